The van der Waals surface area contributed by atoms with Gasteiger partial charge in [0.1, 0.15) is 24.3 Å². The molecule has 0 saturated carbocycles. The Kier molecular flexibility index (Phi) is 3.19. The second kappa shape index (κ2) is 4.88. The molecule has 3 atom stereocenters. The highest BCUT2D eigenvalue weighted by atomic mass is 16.5. The molecule has 20 heavy (non-hydrogen) atoms. The minimum Gasteiger partial charge on any atom is -0.354 e. The van der Waals surface area contributed by atoms with Crippen LogP contribution in [0, 0.1) is 24.2 Å². The average Bonchev–Trinajstić information content (AvgIpc) is 3.00. The smallest absolute Gasteiger partial charge is 0.147 e. The summed E-state index contributed by atoms with van der Waals surface area (Å²) in [6.07, 6.45) is 5.71. The van der Waals surface area contributed by atoms with Gasteiger partial charge in [0.25, 0.3) is 0 Å². The first kappa shape index (κ1) is 13.1. The van der Waals surface area contributed by atoms with Crippen molar-refractivity contribution < 1.29 is 4.74 Å². The molecular weight excluding hydrogens is 252 g/mol. The number of nitriles is 1. The van der Waals surface area contributed by atoms with Crippen LogP contribution < -0.4 is 0 Å². The molecule has 3 unspecified atom stereocenters. The van der Waals surface area contributed by atoms with Crippen LogP contribution in [0.2, 0.25) is 0 Å². The molecule has 0 aromatic carbocycles. The summed E-state index contributed by atoms with van der Waals surface area (Å²) < 4.78 is 8.11. The summed E-state index contributed by atoms with van der Waals surface area (Å²) in [7, 11) is 0. The van der Waals surface area contributed by atoms with Gasteiger partial charge in [-0.3, -0.25) is 0 Å². The molecule has 0 N–H and O–H groups in total. The topological polar surface area (TPSA) is 63.7 Å². The molecule has 0 aliphatic carbocycles. The van der Waals surface area contributed by atoms with E-state index in [2.05, 4.69) is 29.9 Å². The Labute approximate surface area is 118 Å². The number of aryl methyl sites for hydroxylation is 1. The molecule has 1 aliphatic heterocycles. The van der Waals surface area contributed by atoms with Crippen LogP contribution in [0.3, 0.4) is 0 Å². The van der Waals surface area contributed by atoms with Crippen molar-refractivity contribution in [3.8, 4) is 6.07 Å². The lowest BCUT2D eigenvalue weighted by atomic mass is 10.0. The lowest BCUT2D eigenvalue weighted by Gasteiger charge is -2.18. The van der Waals surface area contributed by atoms with Gasteiger partial charge in [0.05, 0.1) is 22.7 Å². The molecule has 3 heterocycles. The van der Waals surface area contributed by atoms with E-state index in [0.29, 0.717) is 17.6 Å². The fraction of sp³-hybridized carbons (Fsp3) is 0.533. The van der Waals surface area contributed by atoms with Crippen LogP contribution in [-0.4, -0.2) is 20.6 Å². The van der Waals surface area contributed by atoms with Gasteiger partial charge in [-0.05, 0) is 19.8 Å². The SMILES string of the molecule is CCC1CC(C)C(n2cc(C#N)c3c(C)ncnc32)O1. The van der Waals surface area contributed by atoms with Crippen LogP contribution >= 0.6 is 0 Å². The van der Waals surface area contributed by atoms with E-state index in [1.807, 2.05) is 17.7 Å². The van der Waals surface area contributed by atoms with E-state index in [-0.39, 0.29) is 6.23 Å². The Hall–Kier alpha value is -1.93. The maximum absolute atomic E-state index is 9.32. The van der Waals surface area contributed by atoms with Crippen LogP contribution in [0.15, 0.2) is 12.5 Å². The number of ether oxygens (including phenoxy) is 1. The minimum absolute atomic E-state index is 0.0427. The van der Waals surface area contributed by atoms with Crippen molar-refractivity contribution in [3.05, 3.63) is 23.8 Å². The van der Waals surface area contributed by atoms with E-state index in [9.17, 15) is 5.26 Å². The molecule has 0 bridgehead atoms. The van der Waals surface area contributed by atoms with Gasteiger partial charge < -0.3 is 9.30 Å². The molecule has 1 fully saturated rings. The van der Waals surface area contributed by atoms with Crippen molar-refractivity contribution in [3.63, 3.8) is 0 Å². The van der Waals surface area contributed by atoms with E-state index in [1.54, 1.807) is 6.33 Å². The molecular formula is C15H18N4O. The second-order valence-corrected chi connectivity index (χ2v) is 5.49. The van der Waals surface area contributed by atoms with Crippen molar-refractivity contribution in [2.45, 2.75) is 45.9 Å². The van der Waals surface area contributed by atoms with Gasteiger partial charge in [0, 0.05) is 12.1 Å². The summed E-state index contributed by atoms with van der Waals surface area (Å²) in [5, 5.41) is 10.2. The third kappa shape index (κ3) is 1.88. The summed E-state index contributed by atoms with van der Waals surface area (Å²) in [5.41, 5.74) is 2.25. The Morgan fingerprint density at radius 1 is 1.50 bits per heavy atom. The summed E-state index contributed by atoms with van der Waals surface area (Å²) in [5.74, 6) is 0.414. The van der Waals surface area contributed by atoms with Crippen molar-refractivity contribution in [2.75, 3.05) is 0 Å². The molecule has 1 aliphatic rings. The lowest BCUT2D eigenvalue weighted by molar-refractivity contribution is -0.00874. The van der Waals surface area contributed by atoms with Crippen LogP contribution in [-0.2, 0) is 4.74 Å². The van der Waals surface area contributed by atoms with Crippen LogP contribution in [0.1, 0.15) is 44.2 Å². The zero-order valence-corrected chi connectivity index (χ0v) is 12.0. The molecule has 0 radical (unpaired) electrons. The summed E-state index contributed by atoms with van der Waals surface area (Å²) in [6, 6.07) is 2.24. The van der Waals surface area contributed by atoms with Crippen molar-refractivity contribution in [1.29, 1.82) is 5.26 Å². The molecule has 2 aromatic heterocycles. The van der Waals surface area contributed by atoms with Crippen molar-refractivity contribution in [2.24, 2.45) is 5.92 Å². The van der Waals surface area contributed by atoms with Gasteiger partial charge in [0.15, 0.2) is 0 Å². The predicted molar refractivity (Wildman–Crippen MR) is 75.0 cm³/mol. The van der Waals surface area contributed by atoms with Crippen LogP contribution in [0.4, 0.5) is 0 Å². The molecule has 104 valence electrons. The van der Waals surface area contributed by atoms with Gasteiger partial charge in [-0.15, -0.1) is 0 Å². The number of nitrogens with zero attached hydrogens (tertiary/aromatic N) is 4. The van der Waals surface area contributed by atoms with Gasteiger partial charge in [0.2, 0.25) is 0 Å². The van der Waals surface area contributed by atoms with Crippen molar-refractivity contribution in [1.82, 2.24) is 14.5 Å². The molecule has 0 amide bonds. The van der Waals surface area contributed by atoms with E-state index in [0.717, 1.165) is 29.6 Å². The maximum atomic E-state index is 9.32. The van der Waals surface area contributed by atoms with Gasteiger partial charge in [-0.2, -0.15) is 5.26 Å². The standard InChI is InChI=1S/C15H18N4O/c1-4-12-5-9(2)15(20-12)19-7-11(6-16)13-10(3)17-8-18-14(13)19/h7-9,12,15H,4-5H2,1-3H3. The predicted octanol–water partition coefficient (Wildman–Crippen LogP) is 2.95. The third-order valence-corrected chi connectivity index (χ3v) is 4.10. The Morgan fingerprint density at radius 3 is 2.95 bits per heavy atom. The fourth-order valence-electron chi connectivity index (χ4n) is 3.04. The number of hydrogen-bond donors (Lipinski definition) is 0. The number of fused-ring (bicyclic) bond motifs is 1. The second-order valence-electron chi connectivity index (χ2n) is 5.49. The molecule has 5 nitrogen and oxygen atoms in total. The molecule has 0 spiro atoms. The highest BCUT2D eigenvalue weighted by Gasteiger charge is 2.33. The lowest BCUT2D eigenvalue weighted by Crippen LogP contribution is -2.13. The third-order valence-electron chi connectivity index (χ3n) is 4.10. The monoisotopic (exact) mass is 270 g/mol. The zero-order chi connectivity index (χ0) is 14.3. The Bertz CT molecular complexity index is 685. The minimum atomic E-state index is -0.0427. The average molecular weight is 270 g/mol. The first-order valence-electron chi connectivity index (χ1n) is 7.03. The number of rotatable bonds is 2. The van der Waals surface area contributed by atoms with Crippen LogP contribution in [0.25, 0.3) is 11.0 Å². The molecule has 3 rings (SSSR count). The number of aromatic nitrogens is 3. The Morgan fingerprint density at radius 2 is 2.30 bits per heavy atom. The summed E-state index contributed by atoms with van der Waals surface area (Å²) >= 11 is 0. The van der Waals surface area contributed by atoms with E-state index in [1.165, 1.54) is 0 Å². The molecule has 1 saturated heterocycles. The van der Waals surface area contributed by atoms with Gasteiger partial charge in [-0.1, -0.05) is 13.8 Å². The Balaban J connectivity index is 2.14. The summed E-state index contributed by atoms with van der Waals surface area (Å²) in [6.45, 7) is 6.23. The first-order valence-corrected chi connectivity index (χ1v) is 7.03. The maximum Gasteiger partial charge on any atom is 0.147 e. The quantitative estimate of drug-likeness (QED) is 0.841. The van der Waals surface area contributed by atoms with E-state index >= 15 is 0 Å². The normalized spacial score (nSPS) is 26.0. The summed E-state index contributed by atoms with van der Waals surface area (Å²) in [4.78, 5) is 8.55. The molecule has 5 heteroatoms. The van der Waals surface area contributed by atoms with Crippen LogP contribution in [0.5, 0.6) is 0 Å². The van der Waals surface area contributed by atoms with E-state index < -0.39 is 0 Å². The highest BCUT2D eigenvalue weighted by molar-refractivity contribution is 5.85. The first-order chi connectivity index (χ1) is 9.65. The van der Waals surface area contributed by atoms with Gasteiger partial charge in [-0.25, -0.2) is 9.97 Å². The van der Waals surface area contributed by atoms with Gasteiger partial charge >= 0.3 is 0 Å². The van der Waals surface area contributed by atoms with E-state index in [4.69, 9.17) is 4.74 Å². The van der Waals surface area contributed by atoms with Crippen molar-refractivity contribution >= 4 is 11.0 Å². The fourth-order valence-corrected chi connectivity index (χ4v) is 3.04. The number of hydrogen-bond acceptors (Lipinski definition) is 4. The highest BCUT2D eigenvalue weighted by Crippen LogP contribution is 2.38. The zero-order valence-electron chi connectivity index (χ0n) is 12.0. The largest absolute Gasteiger partial charge is 0.354 e. The molecule has 2 aromatic rings.